The van der Waals surface area contributed by atoms with E-state index >= 15 is 0 Å². The second-order valence-corrected chi connectivity index (χ2v) is 8.74. The quantitative estimate of drug-likeness (QED) is 0.611. The molecule has 0 spiro atoms. The number of rotatable bonds is 8. The number of aromatic amines is 1. The van der Waals surface area contributed by atoms with E-state index in [1.807, 2.05) is 6.07 Å². The number of likely N-dealkylation sites (tertiary alicyclic amines) is 1. The van der Waals surface area contributed by atoms with Gasteiger partial charge in [-0.15, -0.1) is 0 Å². The Morgan fingerprint density at radius 1 is 1.07 bits per heavy atom. The van der Waals surface area contributed by atoms with Gasteiger partial charge in [0.05, 0.1) is 17.6 Å². The molecular weight excluding hydrogens is 374 g/mol. The molecule has 2 heterocycles. The standard InChI is InChI=1S/C25H33N3O2/c1-3-30-19-25(12-11-20-7-5-4-6-8-20)13-15-28(16-14-25)18-21-9-10-23-22(17-21)26-24(29)27(23)2/h4-10,17H,3,11-16,18-19H2,1-2H3,(H,26,29). The number of H-pyrrole nitrogens is 1. The number of fused-ring (bicyclic) bond motifs is 1. The molecular formula is C25H33N3O2. The first-order chi connectivity index (χ1) is 14.6. The van der Waals surface area contributed by atoms with Crippen molar-refractivity contribution in [1.29, 1.82) is 0 Å². The Bertz CT molecular complexity index is 1010. The zero-order valence-electron chi connectivity index (χ0n) is 18.2. The molecule has 0 atom stereocenters. The highest BCUT2D eigenvalue weighted by molar-refractivity contribution is 5.75. The van der Waals surface area contributed by atoms with Gasteiger partial charge in [0.15, 0.2) is 0 Å². The molecule has 0 amide bonds. The largest absolute Gasteiger partial charge is 0.381 e. The van der Waals surface area contributed by atoms with Crippen molar-refractivity contribution in [2.45, 2.75) is 39.2 Å². The molecule has 0 aliphatic carbocycles. The number of ether oxygens (including phenoxy) is 1. The molecule has 0 saturated carbocycles. The van der Waals surface area contributed by atoms with Crippen LogP contribution in [0.15, 0.2) is 53.3 Å². The van der Waals surface area contributed by atoms with Crippen molar-refractivity contribution in [1.82, 2.24) is 14.5 Å². The Morgan fingerprint density at radius 3 is 2.57 bits per heavy atom. The van der Waals surface area contributed by atoms with Gasteiger partial charge >= 0.3 is 5.69 Å². The van der Waals surface area contributed by atoms with Gasteiger partial charge in [0.1, 0.15) is 0 Å². The van der Waals surface area contributed by atoms with Crippen molar-refractivity contribution in [2.75, 3.05) is 26.3 Å². The molecule has 3 aromatic rings. The monoisotopic (exact) mass is 407 g/mol. The number of nitrogens with zero attached hydrogens (tertiary/aromatic N) is 2. The van der Waals surface area contributed by atoms with Gasteiger partial charge in [-0.3, -0.25) is 9.47 Å². The number of benzene rings is 2. The molecule has 4 rings (SSSR count). The van der Waals surface area contributed by atoms with E-state index < -0.39 is 0 Å². The van der Waals surface area contributed by atoms with Crippen LogP contribution < -0.4 is 5.69 Å². The Labute approximate surface area is 178 Å². The fourth-order valence-electron chi connectivity index (χ4n) is 4.67. The normalized spacial score (nSPS) is 16.9. The molecule has 1 aliphatic rings. The molecule has 2 aromatic carbocycles. The third kappa shape index (κ3) is 4.68. The van der Waals surface area contributed by atoms with Crippen LogP contribution in [-0.2, 0) is 24.8 Å². The molecule has 30 heavy (non-hydrogen) atoms. The predicted octanol–water partition coefficient (Wildman–Crippen LogP) is 4.12. The molecule has 1 fully saturated rings. The number of hydrogen-bond donors (Lipinski definition) is 1. The van der Waals surface area contributed by atoms with Crippen molar-refractivity contribution in [3.05, 3.63) is 70.1 Å². The molecule has 160 valence electrons. The molecule has 0 radical (unpaired) electrons. The van der Waals surface area contributed by atoms with Crippen LogP contribution in [0.25, 0.3) is 11.0 Å². The minimum Gasteiger partial charge on any atom is -0.381 e. The Hall–Kier alpha value is -2.37. The van der Waals surface area contributed by atoms with E-state index in [-0.39, 0.29) is 11.1 Å². The maximum absolute atomic E-state index is 11.8. The van der Waals surface area contributed by atoms with Crippen molar-refractivity contribution in [3.8, 4) is 0 Å². The summed E-state index contributed by atoms with van der Waals surface area (Å²) in [6.07, 6.45) is 4.64. The van der Waals surface area contributed by atoms with Crippen molar-refractivity contribution >= 4 is 11.0 Å². The first kappa shape index (κ1) is 20.9. The van der Waals surface area contributed by atoms with Gasteiger partial charge in [0.25, 0.3) is 0 Å². The maximum atomic E-state index is 11.8. The van der Waals surface area contributed by atoms with E-state index in [0.29, 0.717) is 0 Å². The van der Waals surface area contributed by atoms with E-state index in [0.717, 1.165) is 50.3 Å². The second-order valence-electron chi connectivity index (χ2n) is 8.74. The highest BCUT2D eigenvalue weighted by Gasteiger charge is 2.34. The molecule has 1 aliphatic heterocycles. The highest BCUT2D eigenvalue weighted by Crippen LogP contribution is 2.37. The van der Waals surface area contributed by atoms with Crippen LogP contribution in [0.2, 0.25) is 0 Å². The summed E-state index contributed by atoms with van der Waals surface area (Å²) in [6.45, 7) is 6.84. The van der Waals surface area contributed by atoms with Crippen LogP contribution in [0.4, 0.5) is 0 Å². The smallest absolute Gasteiger partial charge is 0.326 e. The number of hydrogen-bond acceptors (Lipinski definition) is 3. The van der Waals surface area contributed by atoms with Crippen LogP contribution in [0, 0.1) is 5.41 Å². The second kappa shape index (κ2) is 9.19. The Kier molecular flexibility index (Phi) is 6.40. The van der Waals surface area contributed by atoms with Crippen molar-refractivity contribution in [2.24, 2.45) is 12.5 Å². The lowest BCUT2D eigenvalue weighted by molar-refractivity contribution is -0.00231. The number of aryl methyl sites for hydroxylation is 2. The molecule has 1 aromatic heterocycles. The van der Waals surface area contributed by atoms with Crippen molar-refractivity contribution < 1.29 is 4.74 Å². The summed E-state index contributed by atoms with van der Waals surface area (Å²) in [5, 5.41) is 0. The SMILES string of the molecule is CCOCC1(CCc2ccccc2)CCN(Cc2ccc3c(c2)[nH]c(=O)n3C)CC1. The van der Waals surface area contributed by atoms with E-state index in [9.17, 15) is 4.79 Å². The predicted molar refractivity (Wildman–Crippen MR) is 122 cm³/mol. The lowest BCUT2D eigenvalue weighted by atomic mass is 9.74. The molecule has 5 heteroatoms. The van der Waals surface area contributed by atoms with Crippen LogP contribution in [0.1, 0.15) is 37.3 Å². The summed E-state index contributed by atoms with van der Waals surface area (Å²) >= 11 is 0. The van der Waals surface area contributed by atoms with E-state index in [1.54, 1.807) is 11.6 Å². The number of nitrogens with one attached hydrogen (secondary N) is 1. The number of aromatic nitrogens is 2. The van der Waals surface area contributed by atoms with Crippen LogP contribution in [-0.4, -0.2) is 40.8 Å². The van der Waals surface area contributed by atoms with E-state index in [4.69, 9.17) is 4.74 Å². The molecule has 1 saturated heterocycles. The molecule has 0 unspecified atom stereocenters. The highest BCUT2D eigenvalue weighted by atomic mass is 16.5. The third-order valence-electron chi connectivity index (χ3n) is 6.69. The summed E-state index contributed by atoms with van der Waals surface area (Å²) < 4.78 is 7.59. The fraction of sp³-hybridized carbons (Fsp3) is 0.480. The van der Waals surface area contributed by atoms with Gasteiger partial charge in [-0.1, -0.05) is 36.4 Å². The minimum absolute atomic E-state index is 0.0563. The number of piperidine rings is 1. The lowest BCUT2D eigenvalue weighted by Gasteiger charge is -2.42. The third-order valence-corrected chi connectivity index (χ3v) is 6.69. The first-order valence-corrected chi connectivity index (χ1v) is 11.1. The summed E-state index contributed by atoms with van der Waals surface area (Å²) in [5.41, 5.74) is 4.77. The summed E-state index contributed by atoms with van der Waals surface area (Å²) in [5.74, 6) is 0. The van der Waals surface area contributed by atoms with Gasteiger partial charge in [-0.05, 0) is 74.4 Å². The number of imidazole rings is 1. The molecule has 5 nitrogen and oxygen atoms in total. The molecule has 1 N–H and O–H groups in total. The fourth-order valence-corrected chi connectivity index (χ4v) is 4.67. The Morgan fingerprint density at radius 2 is 1.83 bits per heavy atom. The van der Waals surface area contributed by atoms with Gasteiger partial charge in [0, 0.05) is 20.2 Å². The maximum Gasteiger partial charge on any atom is 0.326 e. The lowest BCUT2D eigenvalue weighted by Crippen LogP contribution is -2.42. The molecule has 0 bridgehead atoms. The van der Waals surface area contributed by atoms with Gasteiger partial charge in [0.2, 0.25) is 0 Å². The zero-order valence-corrected chi connectivity index (χ0v) is 18.2. The summed E-state index contributed by atoms with van der Waals surface area (Å²) in [7, 11) is 1.80. The topological polar surface area (TPSA) is 50.3 Å². The van der Waals surface area contributed by atoms with E-state index in [1.165, 1.54) is 30.4 Å². The van der Waals surface area contributed by atoms with Crippen LogP contribution >= 0.6 is 0 Å². The first-order valence-electron chi connectivity index (χ1n) is 11.1. The van der Waals surface area contributed by atoms with Gasteiger partial charge in [-0.25, -0.2) is 4.79 Å². The van der Waals surface area contributed by atoms with E-state index in [2.05, 4.69) is 59.3 Å². The Balaban J connectivity index is 1.39. The van der Waals surface area contributed by atoms with Crippen molar-refractivity contribution in [3.63, 3.8) is 0 Å². The minimum atomic E-state index is -0.0563. The summed E-state index contributed by atoms with van der Waals surface area (Å²) in [4.78, 5) is 17.3. The van der Waals surface area contributed by atoms with Gasteiger partial charge < -0.3 is 9.72 Å². The summed E-state index contributed by atoms with van der Waals surface area (Å²) in [6, 6.07) is 17.1. The van der Waals surface area contributed by atoms with Gasteiger partial charge in [-0.2, -0.15) is 0 Å². The zero-order chi connectivity index (χ0) is 21.0. The van der Waals surface area contributed by atoms with Crippen LogP contribution in [0.5, 0.6) is 0 Å². The van der Waals surface area contributed by atoms with Crippen LogP contribution in [0.3, 0.4) is 0 Å². The average Bonchev–Trinajstić information content (AvgIpc) is 3.06. The average molecular weight is 408 g/mol.